The van der Waals surface area contributed by atoms with Gasteiger partial charge in [0.15, 0.2) is 9.84 Å². The van der Waals surface area contributed by atoms with Gasteiger partial charge >= 0.3 is 0 Å². The highest BCUT2D eigenvalue weighted by molar-refractivity contribution is 7.91. The summed E-state index contributed by atoms with van der Waals surface area (Å²) in [5.41, 5.74) is 0.397. The Morgan fingerprint density at radius 3 is 2.39 bits per heavy atom. The molecule has 0 spiro atoms. The fourth-order valence-corrected chi connectivity index (χ4v) is 4.97. The van der Waals surface area contributed by atoms with Crippen molar-refractivity contribution in [2.45, 2.75) is 19.4 Å². The first-order valence-electron chi connectivity index (χ1n) is 8.30. The Labute approximate surface area is 160 Å². The largest absolute Gasteiger partial charge is 0.271 e. The summed E-state index contributed by atoms with van der Waals surface area (Å²) in [7, 11) is -3.35. The minimum atomic E-state index is -3.35. The van der Waals surface area contributed by atoms with Crippen molar-refractivity contribution < 1.29 is 22.9 Å². The predicted octanol–water partition coefficient (Wildman–Crippen LogP) is 1.37. The van der Waals surface area contributed by atoms with Crippen LogP contribution >= 0.6 is 0 Å². The number of non-ortho nitro benzene ring substituents is 1. The molecule has 0 radical (unpaired) electrons. The maximum absolute atomic E-state index is 13.0. The van der Waals surface area contributed by atoms with E-state index in [1.807, 2.05) is 0 Å². The topological polar surface area (TPSA) is 138 Å². The Balaban J connectivity index is 2.05. The number of carbonyl (C=O) groups is 2. The molecule has 1 fully saturated rings. The first-order valence-corrected chi connectivity index (χ1v) is 10.1. The van der Waals surface area contributed by atoms with Crippen LogP contribution in [0.3, 0.4) is 0 Å². The smallest absolute Gasteiger partial charge is 0.270 e. The minimum absolute atomic E-state index is 0.0781. The fraction of sp³-hybridized carbons (Fsp3) is 0.278. The zero-order chi connectivity index (χ0) is 20.6. The molecule has 10 heteroatoms. The molecule has 0 saturated carbocycles. The summed E-state index contributed by atoms with van der Waals surface area (Å²) in [6, 6.07) is 6.41. The highest BCUT2D eigenvalue weighted by atomic mass is 32.2. The van der Waals surface area contributed by atoms with Crippen molar-refractivity contribution in [2.24, 2.45) is 0 Å². The van der Waals surface area contributed by atoms with Gasteiger partial charge in [-0.05, 0) is 42.7 Å². The van der Waals surface area contributed by atoms with Gasteiger partial charge in [0.1, 0.15) is 11.6 Å². The summed E-state index contributed by atoms with van der Waals surface area (Å²) in [6.45, 7) is 1.47. The Morgan fingerprint density at radius 2 is 1.89 bits per heavy atom. The molecule has 0 aromatic heterocycles. The molecule has 2 aliphatic rings. The molecule has 144 valence electrons. The summed E-state index contributed by atoms with van der Waals surface area (Å²) in [4.78, 5) is 36.7. The number of imide groups is 1. The van der Waals surface area contributed by atoms with Gasteiger partial charge in [-0.15, -0.1) is 0 Å². The number of nitro benzene ring substituents is 1. The molecular formula is C18H15N3O6S. The summed E-state index contributed by atoms with van der Waals surface area (Å²) in [6.07, 6.45) is 1.56. The molecule has 3 rings (SSSR count). The average Bonchev–Trinajstić information content (AvgIpc) is 2.99. The monoisotopic (exact) mass is 401 g/mol. The first-order chi connectivity index (χ1) is 13.1. The lowest BCUT2D eigenvalue weighted by Gasteiger charge is -2.31. The number of rotatable bonds is 3. The third-order valence-corrected chi connectivity index (χ3v) is 6.51. The summed E-state index contributed by atoms with van der Waals surface area (Å²) >= 11 is 0. The van der Waals surface area contributed by atoms with Crippen LogP contribution in [0.25, 0.3) is 6.08 Å². The summed E-state index contributed by atoms with van der Waals surface area (Å²) < 4.78 is 23.6. The number of nitrogens with zero attached hydrogens (tertiary/aromatic N) is 3. The number of nitro groups is 1. The number of nitriles is 1. The van der Waals surface area contributed by atoms with Crippen molar-refractivity contribution in [1.29, 1.82) is 5.26 Å². The van der Waals surface area contributed by atoms with E-state index in [1.54, 1.807) is 6.07 Å². The van der Waals surface area contributed by atoms with Gasteiger partial charge in [-0.1, -0.05) is 0 Å². The molecule has 2 heterocycles. The quantitative estimate of drug-likeness (QED) is 0.323. The lowest BCUT2D eigenvalue weighted by molar-refractivity contribution is -0.384. The van der Waals surface area contributed by atoms with E-state index in [2.05, 4.69) is 0 Å². The third-order valence-electron chi connectivity index (χ3n) is 4.76. The minimum Gasteiger partial charge on any atom is -0.270 e. The van der Waals surface area contributed by atoms with Crippen LogP contribution < -0.4 is 0 Å². The molecule has 1 aromatic rings. The second-order valence-corrected chi connectivity index (χ2v) is 8.78. The molecule has 28 heavy (non-hydrogen) atoms. The maximum atomic E-state index is 13.0. The van der Waals surface area contributed by atoms with E-state index < -0.39 is 32.6 Å². The van der Waals surface area contributed by atoms with Gasteiger partial charge in [-0.2, -0.15) is 5.26 Å². The number of amides is 2. The summed E-state index contributed by atoms with van der Waals surface area (Å²) in [5, 5.41) is 20.1. The Bertz CT molecular complexity index is 1090. The van der Waals surface area contributed by atoms with E-state index in [9.17, 15) is 33.4 Å². The van der Waals surface area contributed by atoms with Crippen molar-refractivity contribution in [2.75, 3.05) is 11.5 Å². The molecule has 1 unspecified atom stereocenters. The van der Waals surface area contributed by atoms with Crippen LogP contribution in [0.2, 0.25) is 0 Å². The van der Waals surface area contributed by atoms with E-state index in [4.69, 9.17) is 0 Å². The molecule has 0 N–H and O–H groups in total. The molecule has 1 aromatic carbocycles. The molecule has 1 atom stereocenters. The number of sulfone groups is 1. The third kappa shape index (κ3) is 3.44. The van der Waals surface area contributed by atoms with E-state index in [1.165, 1.54) is 37.3 Å². The van der Waals surface area contributed by atoms with Gasteiger partial charge in [-0.3, -0.25) is 24.6 Å². The molecule has 2 aliphatic heterocycles. The number of hydrogen-bond donors (Lipinski definition) is 0. The van der Waals surface area contributed by atoms with Crippen molar-refractivity contribution in [3.8, 4) is 6.07 Å². The zero-order valence-electron chi connectivity index (χ0n) is 14.8. The molecule has 0 bridgehead atoms. The van der Waals surface area contributed by atoms with Crippen LogP contribution in [0.1, 0.15) is 18.9 Å². The van der Waals surface area contributed by atoms with Gasteiger partial charge in [0.05, 0.1) is 22.5 Å². The molecule has 2 amide bonds. The second-order valence-electron chi connectivity index (χ2n) is 6.56. The number of benzene rings is 1. The van der Waals surface area contributed by atoms with Crippen molar-refractivity contribution in [3.05, 3.63) is 56.7 Å². The van der Waals surface area contributed by atoms with Gasteiger partial charge in [0.25, 0.3) is 17.5 Å². The molecule has 1 saturated heterocycles. The predicted molar refractivity (Wildman–Crippen MR) is 98.3 cm³/mol. The van der Waals surface area contributed by atoms with E-state index in [0.717, 1.165) is 4.90 Å². The van der Waals surface area contributed by atoms with E-state index in [0.29, 0.717) is 5.56 Å². The van der Waals surface area contributed by atoms with Crippen LogP contribution in [-0.4, -0.2) is 47.6 Å². The van der Waals surface area contributed by atoms with Gasteiger partial charge in [0, 0.05) is 17.7 Å². The van der Waals surface area contributed by atoms with Crippen molar-refractivity contribution in [1.82, 2.24) is 4.90 Å². The maximum Gasteiger partial charge on any atom is 0.271 e. The molecule has 0 aliphatic carbocycles. The van der Waals surface area contributed by atoms with Crippen LogP contribution in [0.4, 0.5) is 5.69 Å². The Morgan fingerprint density at radius 1 is 1.25 bits per heavy atom. The number of hydrogen-bond acceptors (Lipinski definition) is 7. The Hall–Kier alpha value is -3.32. The SMILES string of the molecule is CC1=C(C#N)C(=O)N(C2CCS(=O)(=O)C2)C(=O)C1=Cc1ccc([N+](=O)[O-])cc1. The number of carbonyl (C=O) groups excluding carboxylic acids is 2. The normalized spacial score (nSPS) is 23.2. The first kappa shape index (κ1) is 19.4. The Kier molecular flexibility index (Phi) is 4.87. The fourth-order valence-electron chi connectivity index (χ4n) is 3.27. The second kappa shape index (κ2) is 7.01. The highest BCUT2D eigenvalue weighted by Gasteiger charge is 2.43. The van der Waals surface area contributed by atoms with Gasteiger partial charge < -0.3 is 0 Å². The van der Waals surface area contributed by atoms with Crippen LogP contribution in [-0.2, 0) is 19.4 Å². The van der Waals surface area contributed by atoms with Gasteiger partial charge in [-0.25, -0.2) is 8.42 Å². The molecule has 9 nitrogen and oxygen atoms in total. The zero-order valence-corrected chi connectivity index (χ0v) is 15.6. The van der Waals surface area contributed by atoms with Gasteiger partial charge in [0.2, 0.25) is 0 Å². The van der Waals surface area contributed by atoms with E-state index >= 15 is 0 Å². The standard InChI is InChI=1S/C18H15N3O6S/c1-11-15(8-12-2-4-13(5-3-12)21(24)25)17(22)20(18(23)16(11)9-19)14-6-7-28(26,27)10-14/h2-5,8,14H,6-7,10H2,1H3. The van der Waals surface area contributed by atoms with Crippen molar-refractivity contribution >= 4 is 33.4 Å². The molecular weight excluding hydrogens is 386 g/mol. The average molecular weight is 401 g/mol. The van der Waals surface area contributed by atoms with Crippen LogP contribution in [0.5, 0.6) is 0 Å². The van der Waals surface area contributed by atoms with Crippen LogP contribution in [0, 0.1) is 21.4 Å². The lowest BCUT2D eigenvalue weighted by atomic mass is 9.92. The summed E-state index contributed by atoms with van der Waals surface area (Å²) in [5.74, 6) is -1.93. The highest BCUT2D eigenvalue weighted by Crippen LogP contribution is 2.31. The van der Waals surface area contributed by atoms with Crippen LogP contribution in [0.15, 0.2) is 41.0 Å². The lowest BCUT2D eigenvalue weighted by Crippen LogP contribution is -2.49. The van der Waals surface area contributed by atoms with E-state index in [-0.39, 0.29) is 40.3 Å². The van der Waals surface area contributed by atoms with Crippen molar-refractivity contribution in [3.63, 3.8) is 0 Å².